The van der Waals surface area contributed by atoms with Crippen LogP contribution in [0.5, 0.6) is 0 Å². The van der Waals surface area contributed by atoms with Gasteiger partial charge in [-0.15, -0.1) is 0 Å². The largest absolute Gasteiger partial charge is 0.345 e. The molecule has 0 atom stereocenters. The Labute approximate surface area is 158 Å². The molecule has 0 aliphatic heterocycles. The topological polar surface area (TPSA) is 143 Å². The lowest BCUT2D eigenvalue weighted by molar-refractivity contribution is 0.103. The molecule has 5 N–H and O–H groups in total. The molecule has 3 rings (SSSR count). The van der Waals surface area contributed by atoms with Crippen LogP contribution in [0.1, 0.15) is 29.3 Å². The molecule has 0 saturated heterocycles. The fraction of sp³-hybridized carbons (Fsp3) is 0.188. The van der Waals surface area contributed by atoms with Crippen molar-refractivity contribution in [2.45, 2.75) is 13.3 Å². The van der Waals surface area contributed by atoms with Crippen LogP contribution in [-0.2, 0) is 10.0 Å². The molecule has 0 bridgehead atoms. The number of nitrogens with one attached hydrogen (secondary N) is 3. The lowest BCUT2D eigenvalue weighted by Gasteiger charge is -2.11. The number of benzene rings is 1. The molecule has 0 aliphatic carbocycles. The van der Waals surface area contributed by atoms with E-state index in [9.17, 15) is 22.0 Å². The Hall–Kier alpha value is -3.12. The van der Waals surface area contributed by atoms with Gasteiger partial charge in [0.2, 0.25) is 15.8 Å². The van der Waals surface area contributed by atoms with Crippen molar-refractivity contribution in [3.63, 3.8) is 0 Å². The minimum Gasteiger partial charge on any atom is -0.345 e. The van der Waals surface area contributed by atoms with E-state index in [-0.39, 0.29) is 28.2 Å². The molecule has 0 fully saturated rings. The van der Waals surface area contributed by atoms with Crippen molar-refractivity contribution in [1.82, 2.24) is 15.0 Å². The van der Waals surface area contributed by atoms with E-state index in [0.717, 1.165) is 12.1 Å². The van der Waals surface area contributed by atoms with E-state index in [1.54, 1.807) is 6.92 Å². The lowest BCUT2D eigenvalue weighted by atomic mass is 10.0. The van der Waals surface area contributed by atoms with Gasteiger partial charge in [0, 0.05) is 6.20 Å². The Balaban J connectivity index is 2.12. The van der Waals surface area contributed by atoms with E-state index in [2.05, 4.69) is 20.4 Å². The third-order valence-electron chi connectivity index (χ3n) is 3.91. The Morgan fingerprint density at radius 3 is 2.71 bits per heavy atom. The third-order valence-corrected chi connectivity index (χ3v) is 5.38. The molecule has 28 heavy (non-hydrogen) atoms. The highest BCUT2D eigenvalue weighted by Crippen LogP contribution is 2.29. The van der Waals surface area contributed by atoms with Gasteiger partial charge >= 0.3 is 0 Å². The summed E-state index contributed by atoms with van der Waals surface area (Å²) in [4.78, 5) is 23.4. The first-order chi connectivity index (χ1) is 13.3. The van der Waals surface area contributed by atoms with Crippen LogP contribution in [0.4, 0.5) is 20.3 Å². The molecule has 0 amide bonds. The number of aromatic nitrogens is 3. The number of nitrogens with zero attached hydrogens (tertiary/aromatic N) is 2. The van der Waals surface area contributed by atoms with Crippen LogP contribution in [0.25, 0.3) is 11.0 Å². The summed E-state index contributed by atoms with van der Waals surface area (Å²) in [6.45, 7) is 1.64. The molecule has 2 heterocycles. The van der Waals surface area contributed by atoms with Crippen molar-refractivity contribution in [2.24, 2.45) is 5.84 Å². The Kier molecular flexibility index (Phi) is 5.25. The number of nitrogens with two attached hydrogens (primary N) is 1. The van der Waals surface area contributed by atoms with Crippen LogP contribution in [0.2, 0.25) is 0 Å². The highest BCUT2D eigenvalue weighted by Gasteiger charge is 2.26. The number of halogens is 2. The second-order valence-electron chi connectivity index (χ2n) is 5.83. The number of hydrogen-bond acceptors (Lipinski definition) is 7. The van der Waals surface area contributed by atoms with E-state index in [1.807, 2.05) is 4.72 Å². The van der Waals surface area contributed by atoms with Crippen molar-refractivity contribution < 1.29 is 22.0 Å². The second kappa shape index (κ2) is 7.48. The number of carbonyl (C=O) groups excluding carboxylic acids is 1. The molecular formula is C16H16F2N6O3S. The van der Waals surface area contributed by atoms with E-state index >= 15 is 0 Å². The number of ketones is 1. The van der Waals surface area contributed by atoms with Crippen LogP contribution in [0, 0.1) is 11.6 Å². The summed E-state index contributed by atoms with van der Waals surface area (Å²) in [6.07, 6.45) is 2.70. The first-order valence-corrected chi connectivity index (χ1v) is 9.76. The summed E-state index contributed by atoms with van der Waals surface area (Å²) in [5, 5.41) is 0.144. The Bertz CT molecular complexity index is 1160. The minimum absolute atomic E-state index is 0.0789. The summed E-state index contributed by atoms with van der Waals surface area (Å²) < 4.78 is 55.0. The molecule has 0 radical (unpaired) electrons. The van der Waals surface area contributed by atoms with Gasteiger partial charge in [0.1, 0.15) is 17.8 Å². The van der Waals surface area contributed by atoms with Gasteiger partial charge in [0.15, 0.2) is 11.6 Å². The van der Waals surface area contributed by atoms with Crippen molar-refractivity contribution in [3.8, 4) is 0 Å². The maximum atomic E-state index is 14.9. The highest BCUT2D eigenvalue weighted by atomic mass is 32.2. The zero-order chi connectivity index (χ0) is 20.5. The third kappa shape index (κ3) is 3.51. The average molecular weight is 410 g/mol. The number of sulfonamides is 1. The summed E-state index contributed by atoms with van der Waals surface area (Å²) in [6, 6.07) is 1.73. The smallest absolute Gasteiger partial charge is 0.232 e. The molecule has 3 aromatic rings. The van der Waals surface area contributed by atoms with Gasteiger partial charge in [0.05, 0.1) is 28.0 Å². The molecule has 1 aromatic carbocycles. The highest BCUT2D eigenvalue weighted by molar-refractivity contribution is 7.92. The Morgan fingerprint density at radius 2 is 2.04 bits per heavy atom. The SMILES string of the molecule is CCCS(=O)(=O)Nc1ccc(F)c(C(=O)c2c[nH]c3ncnc(NN)c23)c1F. The molecule has 9 nitrogen and oxygen atoms in total. The van der Waals surface area contributed by atoms with Gasteiger partial charge in [-0.1, -0.05) is 6.92 Å². The van der Waals surface area contributed by atoms with Gasteiger partial charge in [0.25, 0.3) is 0 Å². The number of H-pyrrole nitrogens is 1. The fourth-order valence-electron chi connectivity index (χ4n) is 2.71. The van der Waals surface area contributed by atoms with Crippen LogP contribution >= 0.6 is 0 Å². The molecule has 12 heteroatoms. The quantitative estimate of drug-likeness (QED) is 0.265. The molecular weight excluding hydrogens is 394 g/mol. The molecule has 0 saturated carbocycles. The van der Waals surface area contributed by atoms with E-state index in [1.165, 1.54) is 12.5 Å². The monoisotopic (exact) mass is 410 g/mol. The average Bonchev–Trinajstić information content (AvgIpc) is 3.08. The molecule has 2 aromatic heterocycles. The number of carbonyl (C=O) groups is 1. The zero-order valence-electron chi connectivity index (χ0n) is 14.6. The Morgan fingerprint density at radius 1 is 1.29 bits per heavy atom. The maximum Gasteiger partial charge on any atom is 0.232 e. The molecule has 0 aliphatic rings. The van der Waals surface area contributed by atoms with Gasteiger partial charge in [-0.3, -0.25) is 9.52 Å². The van der Waals surface area contributed by atoms with Crippen LogP contribution in [-0.4, -0.2) is 34.9 Å². The number of aromatic amines is 1. The molecule has 0 unspecified atom stereocenters. The normalized spacial score (nSPS) is 11.6. The first-order valence-electron chi connectivity index (χ1n) is 8.11. The van der Waals surface area contributed by atoms with Crippen molar-refractivity contribution in [2.75, 3.05) is 15.9 Å². The van der Waals surface area contributed by atoms with Gasteiger partial charge in [-0.25, -0.2) is 33.0 Å². The number of nitrogen functional groups attached to an aromatic ring is 1. The van der Waals surface area contributed by atoms with Crippen molar-refractivity contribution in [1.29, 1.82) is 0 Å². The van der Waals surface area contributed by atoms with E-state index < -0.39 is 38.7 Å². The minimum atomic E-state index is -3.84. The first kappa shape index (κ1) is 19.6. The summed E-state index contributed by atoms with van der Waals surface area (Å²) >= 11 is 0. The lowest BCUT2D eigenvalue weighted by Crippen LogP contribution is -2.18. The molecule has 0 spiro atoms. The molecule has 148 valence electrons. The summed E-state index contributed by atoms with van der Waals surface area (Å²) in [7, 11) is -3.84. The van der Waals surface area contributed by atoms with Crippen LogP contribution in [0.15, 0.2) is 24.7 Å². The summed E-state index contributed by atoms with van der Waals surface area (Å²) in [5.41, 5.74) is 0.951. The van der Waals surface area contributed by atoms with Gasteiger partial charge < -0.3 is 10.4 Å². The standard InChI is InChI=1S/C16H16F2N6O3S/c1-2-5-28(26,27)24-10-4-3-9(17)12(13(10)18)14(25)8-6-20-15-11(8)16(23-19)22-7-21-15/h3-4,6-7,24H,2,5,19H2,1H3,(H2,20,21,22,23). The number of fused-ring (bicyclic) bond motifs is 1. The maximum absolute atomic E-state index is 14.9. The van der Waals surface area contributed by atoms with Gasteiger partial charge in [-0.05, 0) is 18.6 Å². The predicted molar refractivity (Wildman–Crippen MR) is 99.2 cm³/mol. The predicted octanol–water partition coefficient (Wildman–Crippen LogP) is 1.90. The number of anilines is 2. The number of hydrazine groups is 1. The van der Waals surface area contributed by atoms with E-state index in [4.69, 9.17) is 5.84 Å². The van der Waals surface area contributed by atoms with Gasteiger partial charge in [-0.2, -0.15) is 0 Å². The summed E-state index contributed by atoms with van der Waals surface area (Å²) in [5.74, 6) is 1.71. The van der Waals surface area contributed by atoms with E-state index in [0.29, 0.717) is 6.42 Å². The van der Waals surface area contributed by atoms with Crippen LogP contribution < -0.4 is 16.0 Å². The fourth-order valence-corrected chi connectivity index (χ4v) is 3.85. The number of rotatable bonds is 7. The van der Waals surface area contributed by atoms with Crippen molar-refractivity contribution >= 4 is 38.3 Å². The van der Waals surface area contributed by atoms with Crippen molar-refractivity contribution in [3.05, 3.63) is 47.4 Å². The van der Waals surface area contributed by atoms with Crippen LogP contribution in [0.3, 0.4) is 0 Å². The zero-order valence-corrected chi connectivity index (χ0v) is 15.4. The second-order valence-corrected chi connectivity index (χ2v) is 7.67. The number of hydrogen-bond donors (Lipinski definition) is 4.